The van der Waals surface area contributed by atoms with Crippen LogP contribution in [0.2, 0.25) is 0 Å². The normalized spacial score (nSPS) is 9.44. The molecule has 0 fully saturated rings. The number of hydrogen-bond donors (Lipinski definition) is 2. The van der Waals surface area contributed by atoms with Crippen molar-refractivity contribution in [1.82, 2.24) is 10.6 Å². The highest BCUT2D eigenvalue weighted by Gasteiger charge is 2.06. The Labute approximate surface area is 101 Å². The van der Waals surface area contributed by atoms with Gasteiger partial charge in [0.25, 0.3) is 5.91 Å². The summed E-state index contributed by atoms with van der Waals surface area (Å²) in [6.45, 7) is 2.98. The Bertz CT molecular complexity index is 338. The van der Waals surface area contributed by atoms with E-state index >= 15 is 0 Å². The van der Waals surface area contributed by atoms with E-state index in [1.165, 1.54) is 12.1 Å². The number of amides is 1. The first-order chi connectivity index (χ1) is 7.13. The first-order valence-electron chi connectivity index (χ1n) is 4.83. The number of carbonyl (C=O) groups is 1. The molecule has 0 aliphatic rings. The molecule has 1 aromatic rings. The quantitative estimate of drug-likeness (QED) is 0.791. The minimum absolute atomic E-state index is 0. The molecule has 0 unspecified atom stereocenters. The average Bonchev–Trinajstić information content (AvgIpc) is 2.16. The summed E-state index contributed by atoms with van der Waals surface area (Å²) in [6, 6.07) is 4.30. The van der Waals surface area contributed by atoms with Crippen LogP contribution < -0.4 is 10.6 Å². The zero-order chi connectivity index (χ0) is 11.3. The Hall–Kier alpha value is -1.13. The second-order valence-corrected chi connectivity index (χ2v) is 3.38. The van der Waals surface area contributed by atoms with Gasteiger partial charge in [-0.1, -0.05) is 0 Å². The number of carbonyl (C=O) groups excluding carboxylic acids is 1. The molecule has 0 heterocycles. The van der Waals surface area contributed by atoms with E-state index in [4.69, 9.17) is 0 Å². The molecule has 1 rings (SSSR count). The predicted octanol–water partition coefficient (Wildman–Crippen LogP) is 1.51. The van der Waals surface area contributed by atoms with Gasteiger partial charge in [0, 0.05) is 18.7 Å². The van der Waals surface area contributed by atoms with Gasteiger partial charge in [0.2, 0.25) is 0 Å². The molecule has 0 bridgehead atoms. The molecule has 0 saturated carbocycles. The van der Waals surface area contributed by atoms with Crippen molar-refractivity contribution in [2.75, 3.05) is 20.1 Å². The molecular formula is C11H16ClFN2O. The van der Waals surface area contributed by atoms with Crippen LogP contribution in [-0.2, 0) is 0 Å². The van der Waals surface area contributed by atoms with Crippen LogP contribution in [0, 0.1) is 12.7 Å². The van der Waals surface area contributed by atoms with E-state index in [0.717, 1.165) is 5.56 Å². The number of halogens is 2. The lowest BCUT2D eigenvalue weighted by Crippen LogP contribution is -2.30. The smallest absolute Gasteiger partial charge is 0.251 e. The van der Waals surface area contributed by atoms with Gasteiger partial charge in [0.05, 0.1) is 0 Å². The molecule has 0 aliphatic heterocycles. The molecule has 2 N–H and O–H groups in total. The lowest BCUT2D eigenvalue weighted by molar-refractivity contribution is 0.0953. The van der Waals surface area contributed by atoms with Crippen molar-refractivity contribution in [3.63, 3.8) is 0 Å². The van der Waals surface area contributed by atoms with Crippen LogP contribution in [0.4, 0.5) is 4.39 Å². The molecule has 0 spiro atoms. The van der Waals surface area contributed by atoms with Crippen molar-refractivity contribution >= 4 is 18.3 Å². The van der Waals surface area contributed by atoms with Gasteiger partial charge in [0.1, 0.15) is 5.82 Å². The largest absolute Gasteiger partial charge is 0.351 e. The first-order valence-corrected chi connectivity index (χ1v) is 4.83. The molecule has 3 nitrogen and oxygen atoms in total. The molecular weight excluding hydrogens is 231 g/mol. The van der Waals surface area contributed by atoms with Crippen molar-refractivity contribution in [2.45, 2.75) is 6.92 Å². The van der Waals surface area contributed by atoms with Crippen LogP contribution in [0.25, 0.3) is 0 Å². The predicted molar refractivity (Wildman–Crippen MR) is 64.6 cm³/mol. The van der Waals surface area contributed by atoms with Crippen LogP contribution in [0.3, 0.4) is 0 Å². The van der Waals surface area contributed by atoms with E-state index in [2.05, 4.69) is 10.6 Å². The maximum Gasteiger partial charge on any atom is 0.251 e. The van der Waals surface area contributed by atoms with E-state index in [1.807, 2.05) is 0 Å². The summed E-state index contributed by atoms with van der Waals surface area (Å²) in [6.07, 6.45) is 0. The standard InChI is InChI=1S/C11H15FN2O.ClH/c1-8-5-9(7-10(12)6-8)11(15)14-4-3-13-2;/h5-7,13H,3-4H2,1-2H3,(H,14,15);1H. The second kappa shape index (κ2) is 7.19. The van der Waals surface area contributed by atoms with Crippen molar-refractivity contribution < 1.29 is 9.18 Å². The molecule has 0 saturated heterocycles. The van der Waals surface area contributed by atoms with Gasteiger partial charge in [-0.25, -0.2) is 4.39 Å². The fourth-order valence-electron chi connectivity index (χ4n) is 1.27. The summed E-state index contributed by atoms with van der Waals surface area (Å²) in [4.78, 5) is 11.5. The Morgan fingerprint density at radius 2 is 2.00 bits per heavy atom. The number of nitrogens with one attached hydrogen (secondary N) is 2. The zero-order valence-electron chi connectivity index (χ0n) is 9.34. The third-order valence-electron chi connectivity index (χ3n) is 1.96. The van der Waals surface area contributed by atoms with Crippen molar-refractivity contribution in [2.24, 2.45) is 0 Å². The number of likely N-dealkylation sites (N-methyl/N-ethyl adjacent to an activating group) is 1. The van der Waals surface area contributed by atoms with Gasteiger partial charge in [-0.05, 0) is 37.7 Å². The molecule has 0 atom stereocenters. The zero-order valence-corrected chi connectivity index (χ0v) is 10.2. The molecule has 1 amide bonds. The van der Waals surface area contributed by atoms with Crippen LogP contribution >= 0.6 is 12.4 Å². The van der Waals surface area contributed by atoms with E-state index in [-0.39, 0.29) is 24.1 Å². The minimum Gasteiger partial charge on any atom is -0.351 e. The van der Waals surface area contributed by atoms with E-state index in [0.29, 0.717) is 18.7 Å². The summed E-state index contributed by atoms with van der Waals surface area (Å²) >= 11 is 0. The molecule has 16 heavy (non-hydrogen) atoms. The van der Waals surface area contributed by atoms with Crippen molar-refractivity contribution in [3.05, 3.63) is 35.1 Å². The Balaban J connectivity index is 0.00000225. The SMILES string of the molecule is CNCCNC(=O)c1cc(C)cc(F)c1.Cl. The highest BCUT2D eigenvalue weighted by atomic mass is 35.5. The van der Waals surface area contributed by atoms with E-state index < -0.39 is 0 Å². The van der Waals surface area contributed by atoms with E-state index in [1.54, 1.807) is 20.0 Å². The van der Waals surface area contributed by atoms with Crippen LogP contribution in [0.15, 0.2) is 18.2 Å². The van der Waals surface area contributed by atoms with Gasteiger partial charge in [0.15, 0.2) is 0 Å². The highest BCUT2D eigenvalue weighted by molar-refractivity contribution is 5.94. The number of benzene rings is 1. The molecule has 0 aliphatic carbocycles. The summed E-state index contributed by atoms with van der Waals surface area (Å²) in [5.74, 6) is -0.624. The minimum atomic E-state index is -0.381. The Kier molecular flexibility index (Phi) is 6.69. The van der Waals surface area contributed by atoms with Crippen LogP contribution in [0.5, 0.6) is 0 Å². The molecule has 5 heteroatoms. The van der Waals surface area contributed by atoms with Crippen LogP contribution in [0.1, 0.15) is 15.9 Å². The van der Waals surface area contributed by atoms with E-state index in [9.17, 15) is 9.18 Å². The fourth-order valence-corrected chi connectivity index (χ4v) is 1.27. The average molecular weight is 247 g/mol. The maximum absolute atomic E-state index is 13.0. The van der Waals surface area contributed by atoms with Crippen LogP contribution in [-0.4, -0.2) is 26.0 Å². The van der Waals surface area contributed by atoms with Gasteiger partial charge in [-0.2, -0.15) is 0 Å². The third-order valence-corrected chi connectivity index (χ3v) is 1.96. The molecule has 90 valence electrons. The monoisotopic (exact) mass is 246 g/mol. The topological polar surface area (TPSA) is 41.1 Å². The molecule has 0 aromatic heterocycles. The Morgan fingerprint density at radius 1 is 1.31 bits per heavy atom. The number of aryl methyl sites for hydroxylation is 1. The summed E-state index contributed by atoms with van der Waals surface area (Å²) in [5.41, 5.74) is 1.11. The van der Waals surface area contributed by atoms with Crippen molar-refractivity contribution in [3.8, 4) is 0 Å². The van der Waals surface area contributed by atoms with Gasteiger partial charge in [-0.3, -0.25) is 4.79 Å². The third kappa shape index (κ3) is 4.59. The van der Waals surface area contributed by atoms with Crippen molar-refractivity contribution in [1.29, 1.82) is 0 Å². The number of hydrogen-bond acceptors (Lipinski definition) is 2. The Morgan fingerprint density at radius 3 is 2.56 bits per heavy atom. The summed E-state index contributed by atoms with van der Waals surface area (Å²) in [5, 5.41) is 5.59. The second-order valence-electron chi connectivity index (χ2n) is 3.38. The molecule has 1 aromatic carbocycles. The summed E-state index contributed by atoms with van der Waals surface area (Å²) in [7, 11) is 1.80. The lowest BCUT2D eigenvalue weighted by Gasteiger charge is -2.05. The first kappa shape index (κ1) is 14.9. The van der Waals surface area contributed by atoms with Gasteiger partial charge in [-0.15, -0.1) is 12.4 Å². The highest BCUT2D eigenvalue weighted by Crippen LogP contribution is 2.07. The fraction of sp³-hybridized carbons (Fsp3) is 0.364. The van der Waals surface area contributed by atoms with Gasteiger partial charge >= 0.3 is 0 Å². The maximum atomic E-state index is 13.0. The number of rotatable bonds is 4. The summed E-state index contributed by atoms with van der Waals surface area (Å²) < 4.78 is 13.0. The molecule has 0 radical (unpaired) electrons. The van der Waals surface area contributed by atoms with Gasteiger partial charge < -0.3 is 10.6 Å². The lowest BCUT2D eigenvalue weighted by atomic mass is 10.1.